The normalized spacial score (nSPS) is 10.9. The Labute approximate surface area is 198 Å². The van der Waals surface area contributed by atoms with Crippen molar-refractivity contribution >= 4 is 28.8 Å². The van der Waals surface area contributed by atoms with Crippen molar-refractivity contribution in [1.82, 2.24) is 9.38 Å². The zero-order chi connectivity index (χ0) is 24.1. The lowest BCUT2D eigenvalue weighted by Crippen LogP contribution is -2.15. The fraction of sp³-hybridized carbons (Fsp3) is 0.222. The van der Waals surface area contributed by atoms with Crippen molar-refractivity contribution in [2.24, 2.45) is 5.92 Å². The lowest BCUT2D eigenvalue weighted by atomic mass is 10.1. The molecule has 7 nitrogen and oxygen atoms in total. The predicted molar refractivity (Wildman–Crippen MR) is 133 cm³/mol. The molecule has 7 heteroatoms. The first-order valence-corrected chi connectivity index (χ1v) is 11.3. The molecule has 2 aromatic carbocycles. The number of ether oxygens (including phenoxy) is 1. The number of fused-ring (bicyclic) bond motifs is 1. The average Bonchev–Trinajstić information content (AvgIpc) is 3.23. The number of anilines is 2. The third kappa shape index (κ3) is 5.61. The smallest absolute Gasteiger partial charge is 0.259 e. The number of para-hydroxylation sites is 1. The van der Waals surface area contributed by atoms with Crippen molar-refractivity contribution in [2.45, 2.75) is 33.8 Å². The maximum Gasteiger partial charge on any atom is 0.259 e. The highest BCUT2D eigenvalue weighted by molar-refractivity contribution is 6.06. The van der Waals surface area contributed by atoms with Gasteiger partial charge in [-0.2, -0.15) is 0 Å². The van der Waals surface area contributed by atoms with Gasteiger partial charge in [-0.25, -0.2) is 4.98 Å². The van der Waals surface area contributed by atoms with E-state index >= 15 is 0 Å². The minimum absolute atomic E-state index is 0.0290. The van der Waals surface area contributed by atoms with Gasteiger partial charge in [0, 0.05) is 30.2 Å². The van der Waals surface area contributed by atoms with Crippen LogP contribution in [0, 0.1) is 12.8 Å². The van der Waals surface area contributed by atoms with Gasteiger partial charge in [0.25, 0.3) is 5.91 Å². The monoisotopic (exact) mass is 456 g/mol. The Kier molecular flexibility index (Phi) is 6.92. The van der Waals surface area contributed by atoms with E-state index in [4.69, 9.17) is 4.74 Å². The molecule has 0 fully saturated rings. The van der Waals surface area contributed by atoms with Crippen LogP contribution in [0.15, 0.2) is 73.1 Å². The Morgan fingerprint density at radius 2 is 1.68 bits per heavy atom. The van der Waals surface area contributed by atoms with E-state index < -0.39 is 0 Å². The highest BCUT2D eigenvalue weighted by atomic mass is 16.5. The van der Waals surface area contributed by atoms with Gasteiger partial charge in [-0.05, 0) is 60.9 Å². The van der Waals surface area contributed by atoms with Crippen LogP contribution < -0.4 is 15.4 Å². The molecular formula is C27H28N4O3. The maximum atomic E-state index is 12.9. The Bertz CT molecular complexity index is 1310. The van der Waals surface area contributed by atoms with E-state index in [2.05, 4.69) is 15.6 Å². The summed E-state index contributed by atoms with van der Waals surface area (Å²) in [4.78, 5) is 29.5. The molecule has 2 N–H and O–H groups in total. The summed E-state index contributed by atoms with van der Waals surface area (Å²) in [6, 6.07) is 18.1. The molecule has 0 atom stereocenters. The van der Waals surface area contributed by atoms with E-state index in [1.54, 1.807) is 42.5 Å². The van der Waals surface area contributed by atoms with Gasteiger partial charge in [0.05, 0.1) is 11.3 Å². The predicted octanol–water partition coefficient (Wildman–Crippen LogP) is 5.46. The van der Waals surface area contributed by atoms with Gasteiger partial charge < -0.3 is 19.8 Å². The Morgan fingerprint density at radius 3 is 2.38 bits per heavy atom. The third-order valence-electron chi connectivity index (χ3n) is 5.26. The molecule has 2 heterocycles. The summed E-state index contributed by atoms with van der Waals surface area (Å²) < 4.78 is 7.92. The van der Waals surface area contributed by atoms with Crippen LogP contribution in [0.4, 0.5) is 11.4 Å². The summed E-state index contributed by atoms with van der Waals surface area (Å²) in [5.74, 6) is 0.459. The number of amides is 2. The number of rotatable bonds is 8. The van der Waals surface area contributed by atoms with Crippen molar-refractivity contribution in [3.05, 3.63) is 89.9 Å². The molecule has 2 amide bonds. The molecule has 0 saturated carbocycles. The molecule has 34 heavy (non-hydrogen) atoms. The second-order valence-corrected chi connectivity index (χ2v) is 8.62. The van der Waals surface area contributed by atoms with Crippen LogP contribution in [0.1, 0.15) is 41.9 Å². The zero-order valence-electron chi connectivity index (χ0n) is 19.5. The van der Waals surface area contributed by atoms with Crippen LogP contribution in [0.25, 0.3) is 5.65 Å². The maximum absolute atomic E-state index is 12.9. The Morgan fingerprint density at radius 1 is 0.971 bits per heavy atom. The van der Waals surface area contributed by atoms with Gasteiger partial charge in [-0.15, -0.1) is 0 Å². The van der Waals surface area contributed by atoms with Crippen molar-refractivity contribution in [3.63, 3.8) is 0 Å². The standard InChI is InChI=1S/C27H28N4O3/c1-18(2)15-25(32)28-20-10-12-21(13-11-20)30-27(33)23-8-4-5-9-24(23)34-17-22-16-31-14-6-7-19(3)26(31)29-22/h4-14,16,18H,15,17H2,1-3H3,(H,28,32)(H,30,33). The van der Waals surface area contributed by atoms with Gasteiger partial charge in [0.15, 0.2) is 0 Å². The lowest BCUT2D eigenvalue weighted by Gasteiger charge is -2.12. The van der Waals surface area contributed by atoms with E-state index in [0.29, 0.717) is 29.1 Å². The first-order chi connectivity index (χ1) is 16.4. The highest BCUT2D eigenvalue weighted by Gasteiger charge is 2.14. The molecule has 0 radical (unpaired) electrons. The van der Waals surface area contributed by atoms with Crippen molar-refractivity contribution in [3.8, 4) is 5.75 Å². The summed E-state index contributed by atoms with van der Waals surface area (Å²) in [6.45, 7) is 6.26. The summed E-state index contributed by atoms with van der Waals surface area (Å²) in [5, 5.41) is 5.75. The second-order valence-electron chi connectivity index (χ2n) is 8.62. The number of aryl methyl sites for hydroxylation is 1. The molecule has 174 valence electrons. The number of nitrogens with one attached hydrogen (secondary N) is 2. The van der Waals surface area contributed by atoms with E-state index in [1.807, 2.05) is 55.8 Å². The van der Waals surface area contributed by atoms with E-state index in [9.17, 15) is 9.59 Å². The van der Waals surface area contributed by atoms with E-state index in [1.165, 1.54) is 0 Å². The number of pyridine rings is 1. The minimum Gasteiger partial charge on any atom is -0.486 e. The summed E-state index contributed by atoms with van der Waals surface area (Å²) in [7, 11) is 0. The molecule has 0 bridgehead atoms. The number of hydrogen-bond donors (Lipinski definition) is 2. The van der Waals surface area contributed by atoms with Gasteiger partial charge in [-0.3, -0.25) is 9.59 Å². The lowest BCUT2D eigenvalue weighted by molar-refractivity contribution is -0.116. The van der Waals surface area contributed by atoms with Crippen molar-refractivity contribution in [1.29, 1.82) is 0 Å². The molecule has 0 unspecified atom stereocenters. The first-order valence-electron chi connectivity index (χ1n) is 11.3. The van der Waals surface area contributed by atoms with Crippen molar-refractivity contribution < 1.29 is 14.3 Å². The van der Waals surface area contributed by atoms with Crippen LogP contribution in [-0.4, -0.2) is 21.2 Å². The molecule has 0 aliphatic carbocycles. The molecule has 0 aliphatic heterocycles. The molecule has 0 aliphatic rings. The number of carbonyl (C=O) groups is 2. The number of carbonyl (C=O) groups excluding carboxylic acids is 2. The van der Waals surface area contributed by atoms with Gasteiger partial charge in [0.1, 0.15) is 18.0 Å². The van der Waals surface area contributed by atoms with Crippen molar-refractivity contribution in [2.75, 3.05) is 10.6 Å². The largest absolute Gasteiger partial charge is 0.486 e. The quantitative estimate of drug-likeness (QED) is 0.369. The van der Waals surface area contributed by atoms with Crippen LogP contribution >= 0.6 is 0 Å². The minimum atomic E-state index is -0.280. The van der Waals surface area contributed by atoms with Crippen LogP contribution in [0.5, 0.6) is 5.75 Å². The second kappa shape index (κ2) is 10.2. The zero-order valence-corrected chi connectivity index (χ0v) is 19.5. The Hall–Kier alpha value is -4.13. The van der Waals surface area contributed by atoms with Gasteiger partial charge in [-0.1, -0.05) is 32.0 Å². The molecule has 0 saturated heterocycles. The van der Waals surface area contributed by atoms with Gasteiger partial charge in [0.2, 0.25) is 5.91 Å². The molecule has 0 spiro atoms. The van der Waals surface area contributed by atoms with Crippen LogP contribution in [-0.2, 0) is 11.4 Å². The molecule has 4 rings (SSSR count). The molecule has 2 aromatic heterocycles. The fourth-order valence-electron chi connectivity index (χ4n) is 3.62. The average molecular weight is 457 g/mol. The van der Waals surface area contributed by atoms with Crippen LogP contribution in [0.2, 0.25) is 0 Å². The summed E-state index contributed by atoms with van der Waals surface area (Å²) in [6.07, 6.45) is 4.33. The SMILES string of the molecule is Cc1cccn2cc(COc3ccccc3C(=O)Nc3ccc(NC(=O)CC(C)C)cc3)nc12. The topological polar surface area (TPSA) is 84.7 Å². The highest BCUT2D eigenvalue weighted by Crippen LogP contribution is 2.22. The summed E-state index contributed by atoms with van der Waals surface area (Å²) in [5.41, 5.74) is 4.49. The number of imidazole rings is 1. The van der Waals surface area contributed by atoms with Crippen LogP contribution in [0.3, 0.4) is 0 Å². The van der Waals surface area contributed by atoms with E-state index in [-0.39, 0.29) is 24.3 Å². The molecule has 4 aromatic rings. The van der Waals surface area contributed by atoms with E-state index in [0.717, 1.165) is 16.9 Å². The first kappa shape index (κ1) is 23.0. The molecular weight excluding hydrogens is 428 g/mol. The third-order valence-corrected chi connectivity index (χ3v) is 5.26. The number of nitrogens with zero attached hydrogens (tertiary/aromatic N) is 2. The number of benzene rings is 2. The summed E-state index contributed by atoms with van der Waals surface area (Å²) >= 11 is 0. The number of hydrogen-bond acceptors (Lipinski definition) is 4. The van der Waals surface area contributed by atoms with Gasteiger partial charge >= 0.3 is 0 Å². The number of aromatic nitrogens is 2. The Balaban J connectivity index is 1.41. The fourth-order valence-corrected chi connectivity index (χ4v) is 3.62.